The van der Waals surface area contributed by atoms with Crippen molar-refractivity contribution < 1.29 is 4.52 Å². The van der Waals surface area contributed by atoms with E-state index in [1.807, 2.05) is 26.0 Å². The van der Waals surface area contributed by atoms with E-state index in [1.54, 1.807) is 0 Å². The summed E-state index contributed by atoms with van der Waals surface area (Å²) in [5.41, 5.74) is 2.28. The molecule has 0 fully saturated rings. The van der Waals surface area contributed by atoms with E-state index < -0.39 is 0 Å². The minimum Gasteiger partial charge on any atom is -0.336 e. The van der Waals surface area contributed by atoms with Crippen LogP contribution < -0.4 is 5.32 Å². The number of aryl methyl sites for hydroxylation is 1. The zero-order chi connectivity index (χ0) is 12.3. The second-order valence-corrected chi connectivity index (χ2v) is 4.27. The lowest BCUT2D eigenvalue weighted by Crippen LogP contribution is -2.09. The quantitative estimate of drug-likeness (QED) is 0.878. The van der Waals surface area contributed by atoms with Crippen molar-refractivity contribution in [3.8, 4) is 11.4 Å². The molecule has 4 nitrogen and oxygen atoms in total. The van der Waals surface area contributed by atoms with Gasteiger partial charge in [0.25, 0.3) is 0 Å². The van der Waals surface area contributed by atoms with E-state index >= 15 is 0 Å². The zero-order valence-electron chi connectivity index (χ0n) is 10.4. The van der Waals surface area contributed by atoms with Crippen molar-refractivity contribution in [1.82, 2.24) is 10.1 Å². The van der Waals surface area contributed by atoms with Gasteiger partial charge >= 0.3 is 6.01 Å². The molecule has 0 aliphatic rings. The molecule has 2 aromatic rings. The highest BCUT2D eigenvalue weighted by Crippen LogP contribution is 2.18. The molecule has 0 amide bonds. The van der Waals surface area contributed by atoms with E-state index in [1.165, 1.54) is 5.56 Å². The van der Waals surface area contributed by atoms with E-state index in [2.05, 4.69) is 34.5 Å². The first kappa shape index (κ1) is 11.6. The van der Waals surface area contributed by atoms with Crippen molar-refractivity contribution in [2.75, 3.05) is 5.32 Å². The van der Waals surface area contributed by atoms with Crippen molar-refractivity contribution in [2.24, 2.45) is 0 Å². The first-order valence-corrected chi connectivity index (χ1v) is 5.88. The number of benzene rings is 1. The second kappa shape index (κ2) is 4.99. The van der Waals surface area contributed by atoms with E-state index in [9.17, 15) is 0 Å². The molecule has 1 heterocycles. The number of hydrogen-bond acceptors (Lipinski definition) is 4. The Labute approximate surface area is 101 Å². The molecule has 17 heavy (non-hydrogen) atoms. The third-order valence-corrected chi connectivity index (χ3v) is 2.46. The van der Waals surface area contributed by atoms with Crippen LogP contribution in [0, 0.1) is 0 Å². The summed E-state index contributed by atoms with van der Waals surface area (Å²) < 4.78 is 5.11. The number of nitrogens with zero attached hydrogens (tertiary/aromatic N) is 2. The molecule has 90 valence electrons. The Kier molecular flexibility index (Phi) is 3.42. The van der Waals surface area contributed by atoms with Gasteiger partial charge in [-0.3, -0.25) is 0 Å². The fourth-order valence-corrected chi connectivity index (χ4v) is 1.54. The molecule has 0 radical (unpaired) electrons. The largest absolute Gasteiger partial charge is 0.336 e. The van der Waals surface area contributed by atoms with Gasteiger partial charge in [-0.05, 0) is 25.8 Å². The maximum Gasteiger partial charge on any atom is 0.321 e. The van der Waals surface area contributed by atoms with Crippen LogP contribution in [-0.4, -0.2) is 16.2 Å². The molecule has 0 saturated heterocycles. The van der Waals surface area contributed by atoms with Crippen molar-refractivity contribution in [3.63, 3.8) is 0 Å². The average Bonchev–Trinajstić information content (AvgIpc) is 2.77. The van der Waals surface area contributed by atoms with Gasteiger partial charge < -0.3 is 9.84 Å². The highest BCUT2D eigenvalue weighted by Gasteiger charge is 2.08. The van der Waals surface area contributed by atoms with E-state index in [-0.39, 0.29) is 6.04 Å². The summed E-state index contributed by atoms with van der Waals surface area (Å²) in [6.45, 7) is 6.19. The number of anilines is 1. The minimum atomic E-state index is 0.283. The maximum atomic E-state index is 5.11. The highest BCUT2D eigenvalue weighted by molar-refractivity contribution is 5.55. The number of aromatic nitrogens is 2. The maximum absolute atomic E-state index is 5.11. The summed E-state index contributed by atoms with van der Waals surface area (Å²) in [5, 5.41) is 7.02. The van der Waals surface area contributed by atoms with E-state index in [0.717, 1.165) is 12.0 Å². The SMILES string of the molecule is CCc1ccc(-c2noc(NC(C)C)n2)cc1. The molecule has 4 heteroatoms. The van der Waals surface area contributed by atoms with Crippen LogP contribution in [0.5, 0.6) is 0 Å². The number of hydrogen-bond donors (Lipinski definition) is 1. The van der Waals surface area contributed by atoms with Gasteiger partial charge in [-0.2, -0.15) is 4.98 Å². The fourth-order valence-electron chi connectivity index (χ4n) is 1.54. The molecule has 0 spiro atoms. The molecule has 0 saturated carbocycles. The number of rotatable bonds is 4. The Morgan fingerprint density at radius 3 is 2.53 bits per heavy atom. The molecule has 0 aliphatic carbocycles. The Bertz CT molecular complexity index is 474. The highest BCUT2D eigenvalue weighted by atomic mass is 16.5. The lowest BCUT2D eigenvalue weighted by Gasteiger charge is -2.01. The molecule has 2 rings (SSSR count). The predicted octanol–water partition coefficient (Wildman–Crippen LogP) is 3.12. The summed E-state index contributed by atoms with van der Waals surface area (Å²) in [4.78, 5) is 4.29. The van der Waals surface area contributed by atoms with Gasteiger partial charge in [-0.25, -0.2) is 0 Å². The molecule has 1 aromatic carbocycles. The van der Waals surface area contributed by atoms with Crippen LogP contribution in [-0.2, 0) is 6.42 Å². The zero-order valence-corrected chi connectivity index (χ0v) is 10.4. The van der Waals surface area contributed by atoms with Crippen LogP contribution in [0.25, 0.3) is 11.4 Å². The van der Waals surface area contributed by atoms with E-state index in [4.69, 9.17) is 4.52 Å². The Morgan fingerprint density at radius 2 is 1.94 bits per heavy atom. The van der Waals surface area contributed by atoms with Crippen molar-refractivity contribution in [3.05, 3.63) is 29.8 Å². The predicted molar refractivity (Wildman–Crippen MR) is 67.9 cm³/mol. The van der Waals surface area contributed by atoms with Crippen molar-refractivity contribution in [1.29, 1.82) is 0 Å². The number of nitrogens with one attached hydrogen (secondary N) is 1. The molecular formula is C13H17N3O. The summed E-state index contributed by atoms with van der Waals surface area (Å²) >= 11 is 0. The van der Waals surface area contributed by atoms with Crippen molar-refractivity contribution in [2.45, 2.75) is 33.2 Å². The molecule has 0 unspecified atom stereocenters. The normalized spacial score (nSPS) is 10.8. The summed E-state index contributed by atoms with van der Waals surface area (Å²) in [6.07, 6.45) is 1.03. The lowest BCUT2D eigenvalue weighted by atomic mass is 10.1. The van der Waals surface area contributed by atoms with Gasteiger partial charge in [0, 0.05) is 11.6 Å². The van der Waals surface area contributed by atoms with Gasteiger partial charge in [0.05, 0.1) is 0 Å². The monoisotopic (exact) mass is 231 g/mol. The van der Waals surface area contributed by atoms with Gasteiger partial charge in [-0.15, -0.1) is 0 Å². The van der Waals surface area contributed by atoms with Crippen LogP contribution in [0.15, 0.2) is 28.8 Å². The van der Waals surface area contributed by atoms with Crippen LogP contribution in [0.2, 0.25) is 0 Å². The van der Waals surface area contributed by atoms with Gasteiger partial charge in [-0.1, -0.05) is 36.3 Å². The molecule has 1 aromatic heterocycles. The topological polar surface area (TPSA) is 51.0 Å². The Morgan fingerprint density at radius 1 is 1.24 bits per heavy atom. The average molecular weight is 231 g/mol. The molecular weight excluding hydrogens is 214 g/mol. The van der Waals surface area contributed by atoms with Gasteiger partial charge in [0.1, 0.15) is 0 Å². The standard InChI is InChI=1S/C13H17N3O/c1-4-10-5-7-11(8-6-10)12-15-13(17-16-12)14-9(2)3/h5-9H,4H2,1-3H3,(H,14,15,16). The fraction of sp³-hybridized carbons (Fsp3) is 0.385. The molecule has 0 atom stereocenters. The van der Waals surface area contributed by atoms with Crippen LogP contribution >= 0.6 is 0 Å². The van der Waals surface area contributed by atoms with Crippen LogP contribution in [0.3, 0.4) is 0 Å². The smallest absolute Gasteiger partial charge is 0.321 e. The second-order valence-electron chi connectivity index (χ2n) is 4.27. The minimum absolute atomic E-state index is 0.283. The molecule has 0 bridgehead atoms. The summed E-state index contributed by atoms with van der Waals surface area (Å²) in [6, 6.07) is 8.95. The van der Waals surface area contributed by atoms with Crippen molar-refractivity contribution >= 4 is 6.01 Å². The Hall–Kier alpha value is -1.84. The first-order valence-electron chi connectivity index (χ1n) is 5.88. The van der Waals surface area contributed by atoms with Crippen LogP contribution in [0.1, 0.15) is 26.3 Å². The third-order valence-electron chi connectivity index (χ3n) is 2.46. The first-order chi connectivity index (χ1) is 8.19. The van der Waals surface area contributed by atoms with Crippen LogP contribution in [0.4, 0.5) is 6.01 Å². The molecule has 1 N–H and O–H groups in total. The van der Waals surface area contributed by atoms with Gasteiger partial charge in [0.15, 0.2) is 0 Å². The summed E-state index contributed by atoms with van der Waals surface area (Å²) in [5.74, 6) is 0.621. The molecule has 0 aliphatic heterocycles. The third kappa shape index (κ3) is 2.84. The lowest BCUT2D eigenvalue weighted by molar-refractivity contribution is 0.429. The van der Waals surface area contributed by atoms with E-state index in [0.29, 0.717) is 11.8 Å². The summed E-state index contributed by atoms with van der Waals surface area (Å²) in [7, 11) is 0. The Balaban J connectivity index is 2.18. The van der Waals surface area contributed by atoms with Gasteiger partial charge in [0.2, 0.25) is 5.82 Å².